The van der Waals surface area contributed by atoms with Gasteiger partial charge in [0.25, 0.3) is 0 Å². The Kier molecular flexibility index (Phi) is 5.88. The lowest BCUT2D eigenvalue weighted by molar-refractivity contribution is 0.538. The molecule has 0 aromatic heterocycles. The molecule has 0 saturated carbocycles. The predicted octanol–water partition coefficient (Wildman–Crippen LogP) is -1.69. The van der Waals surface area contributed by atoms with Crippen molar-refractivity contribution in [1.82, 2.24) is 4.57 Å². The molecule has 0 heterocycles. The van der Waals surface area contributed by atoms with E-state index in [4.69, 9.17) is 0 Å². The van der Waals surface area contributed by atoms with Gasteiger partial charge in [-0.3, -0.25) is 0 Å². The first-order valence-corrected chi connectivity index (χ1v) is 13.3. The van der Waals surface area contributed by atoms with Crippen LogP contribution in [-0.4, -0.2) is 54.3 Å². The summed E-state index contributed by atoms with van der Waals surface area (Å²) >= 11 is 0. The number of nitrogens with zero attached hydrogens (tertiary/aromatic N) is 1. The fraction of sp³-hybridized carbons (Fsp3) is 1.00. The lowest BCUT2D eigenvalue weighted by Gasteiger charge is -2.39. The van der Waals surface area contributed by atoms with E-state index in [9.17, 15) is 0 Å². The second kappa shape index (κ2) is 5.47. The van der Waals surface area contributed by atoms with Crippen molar-refractivity contribution < 1.29 is 0 Å². The van der Waals surface area contributed by atoms with Crippen LogP contribution in [0.5, 0.6) is 0 Å². The summed E-state index contributed by atoms with van der Waals surface area (Å²) in [6.45, 7) is 10.0. The Bertz CT molecular complexity index is 96.5. The highest BCUT2D eigenvalue weighted by Gasteiger charge is 2.27. The molecule has 0 aromatic carbocycles. The van der Waals surface area contributed by atoms with Crippen LogP contribution in [0.25, 0.3) is 0 Å². The third kappa shape index (κ3) is 2.65. The van der Waals surface area contributed by atoms with Gasteiger partial charge < -0.3 is 4.57 Å². The Morgan fingerprint density at radius 1 is 0.909 bits per heavy atom. The van der Waals surface area contributed by atoms with Crippen molar-refractivity contribution in [2.24, 2.45) is 0 Å². The highest BCUT2D eigenvalue weighted by Crippen LogP contribution is 2.07. The Morgan fingerprint density at radius 2 is 1.27 bits per heavy atom. The third-order valence-electron chi connectivity index (χ3n) is 3.26. The molecular weight excluding hydrogens is 198 g/mol. The van der Waals surface area contributed by atoms with Crippen molar-refractivity contribution in [3.63, 3.8) is 0 Å². The zero-order chi connectivity index (χ0) is 8.91. The summed E-state index contributed by atoms with van der Waals surface area (Å²) in [6, 6.07) is 0. The van der Waals surface area contributed by atoms with E-state index in [1.54, 1.807) is 0 Å². The van der Waals surface area contributed by atoms with E-state index >= 15 is 0 Å². The molecule has 0 aromatic rings. The maximum Gasteiger partial charge on any atom is 0.0911 e. The van der Waals surface area contributed by atoms with Crippen LogP contribution in [0.3, 0.4) is 0 Å². The van der Waals surface area contributed by atoms with Gasteiger partial charge in [0.15, 0.2) is 0 Å². The van der Waals surface area contributed by atoms with Crippen LogP contribution in [0.2, 0.25) is 26.2 Å². The molecule has 5 heteroatoms. The van der Waals surface area contributed by atoms with Gasteiger partial charge in [-0.05, 0) is 11.5 Å². The van der Waals surface area contributed by atoms with Gasteiger partial charge in [0, 0.05) is 28.6 Å². The van der Waals surface area contributed by atoms with Crippen LogP contribution in [0.4, 0.5) is 0 Å². The van der Waals surface area contributed by atoms with Gasteiger partial charge in [-0.15, -0.1) is 0 Å². The highest BCUT2D eigenvalue weighted by atomic mass is 28.3. The minimum Gasteiger partial charge on any atom is -0.336 e. The van der Waals surface area contributed by atoms with Crippen molar-refractivity contribution in [2.75, 3.05) is 7.05 Å². The van der Waals surface area contributed by atoms with E-state index < -0.39 is 0 Å². The lowest BCUT2D eigenvalue weighted by Crippen LogP contribution is -2.59. The van der Waals surface area contributed by atoms with Crippen LogP contribution < -0.4 is 0 Å². The molecule has 0 aliphatic heterocycles. The molecule has 0 atom stereocenters. The Balaban J connectivity index is 4.26. The van der Waals surface area contributed by atoms with Crippen molar-refractivity contribution in [3.8, 4) is 0 Å². The molecule has 68 valence electrons. The van der Waals surface area contributed by atoms with Crippen molar-refractivity contribution in [2.45, 2.75) is 30.6 Å². The monoisotopic (exact) mass is 221 g/mol. The average Bonchev–Trinajstić information content (AvgIpc) is 2.08. The maximum atomic E-state index is 2.80. The van der Waals surface area contributed by atoms with Crippen LogP contribution in [-0.2, 0) is 0 Å². The fourth-order valence-corrected chi connectivity index (χ4v) is 14.2. The van der Waals surface area contributed by atoms with E-state index in [0.29, 0.717) is 0 Å². The summed E-state index contributed by atoms with van der Waals surface area (Å²) in [7, 11) is 3.28. The van der Waals surface area contributed by atoms with Gasteiger partial charge in [0.05, 0.1) is 9.68 Å². The molecule has 0 N–H and O–H groups in total. The van der Waals surface area contributed by atoms with Gasteiger partial charge in [-0.1, -0.05) is 26.2 Å². The molecule has 1 nitrogen and oxygen atoms in total. The molecule has 0 spiro atoms. The number of rotatable bonds is 5. The molecule has 0 aliphatic carbocycles. The van der Waals surface area contributed by atoms with Crippen LogP contribution in [0.1, 0.15) is 0 Å². The quantitative estimate of drug-likeness (QED) is 0.501. The zero-order valence-corrected chi connectivity index (χ0v) is 14.4. The van der Waals surface area contributed by atoms with Gasteiger partial charge in [0.2, 0.25) is 0 Å². The second-order valence-electron chi connectivity index (χ2n) is 3.30. The summed E-state index contributed by atoms with van der Waals surface area (Å²) in [5, 5.41) is 0. The van der Waals surface area contributed by atoms with Crippen LogP contribution >= 0.6 is 0 Å². The smallest absolute Gasteiger partial charge is 0.0911 e. The normalized spacial score (nSPS) is 21.3. The summed E-state index contributed by atoms with van der Waals surface area (Å²) < 4.78 is 3.75. The Hall–Kier alpha value is 0.828. The lowest BCUT2D eigenvalue weighted by atomic mass is 11.2. The van der Waals surface area contributed by atoms with Gasteiger partial charge in [0.1, 0.15) is 0 Å². The van der Waals surface area contributed by atoms with Crippen LogP contribution in [0.15, 0.2) is 0 Å². The molecule has 0 amide bonds. The standard InChI is InChI=1S/C6H23NSi4/c1-7(11-5)6(8-2,9-3)10-4/h8-11H2,1-5H3. The molecule has 0 fully saturated rings. The predicted molar refractivity (Wildman–Crippen MR) is 68.1 cm³/mol. The van der Waals surface area contributed by atoms with Crippen molar-refractivity contribution in [1.29, 1.82) is 0 Å². The van der Waals surface area contributed by atoms with E-state index in [1.165, 1.54) is 0 Å². The minimum absolute atomic E-state index is 0.139. The minimum atomic E-state index is 0.139. The third-order valence-corrected chi connectivity index (χ3v) is 20.8. The van der Waals surface area contributed by atoms with Gasteiger partial charge in [-0.2, -0.15) is 0 Å². The summed E-state index contributed by atoms with van der Waals surface area (Å²) in [5.74, 6) is 0. The molecule has 0 saturated heterocycles. The highest BCUT2D eigenvalue weighted by molar-refractivity contribution is 6.80. The molecule has 0 radical (unpaired) electrons. The fourth-order valence-electron chi connectivity index (χ4n) is 1.90. The SMILES string of the molecule is C[SiH2]N(C)C([SiH2]C)([SiH2]C)[SiH2]C. The first-order chi connectivity index (χ1) is 5.16. The largest absolute Gasteiger partial charge is 0.336 e. The summed E-state index contributed by atoms with van der Waals surface area (Å²) in [6.07, 6.45) is 0. The Labute approximate surface area is 80.7 Å². The summed E-state index contributed by atoms with van der Waals surface area (Å²) in [4.78, 5) is 0. The second-order valence-corrected chi connectivity index (χ2v) is 14.0. The zero-order valence-electron chi connectivity index (χ0n) is 8.78. The molecule has 0 aliphatic rings. The van der Waals surface area contributed by atoms with Gasteiger partial charge in [-0.25, -0.2) is 0 Å². The number of hydrogen-bond donors (Lipinski definition) is 0. The topological polar surface area (TPSA) is 3.24 Å². The first kappa shape index (κ1) is 11.8. The van der Waals surface area contributed by atoms with Gasteiger partial charge >= 0.3 is 0 Å². The van der Waals surface area contributed by atoms with Crippen molar-refractivity contribution in [3.05, 3.63) is 0 Å². The van der Waals surface area contributed by atoms with E-state index in [1.807, 2.05) is 0 Å². The molecular formula is C6H23NSi4. The molecule has 0 rings (SSSR count). The van der Waals surface area contributed by atoms with E-state index in [2.05, 4.69) is 37.8 Å². The van der Waals surface area contributed by atoms with Crippen LogP contribution in [0, 0.1) is 0 Å². The molecule has 0 bridgehead atoms. The maximum absolute atomic E-state index is 2.80. The van der Waals surface area contributed by atoms with E-state index in [0.717, 1.165) is 4.41 Å². The number of hydrogen-bond acceptors (Lipinski definition) is 1. The van der Waals surface area contributed by atoms with Crippen molar-refractivity contribution >= 4 is 38.2 Å². The molecule has 0 unspecified atom stereocenters. The first-order valence-electron chi connectivity index (χ1n) is 4.88. The summed E-state index contributed by atoms with van der Waals surface area (Å²) in [5.41, 5.74) is 0. The Morgan fingerprint density at radius 3 is 1.36 bits per heavy atom. The van der Waals surface area contributed by atoms with E-state index in [-0.39, 0.29) is 38.2 Å². The molecule has 11 heavy (non-hydrogen) atoms. The average molecular weight is 222 g/mol.